The van der Waals surface area contributed by atoms with E-state index in [4.69, 9.17) is 9.47 Å². The van der Waals surface area contributed by atoms with Crippen molar-refractivity contribution in [2.24, 2.45) is 0 Å². The summed E-state index contributed by atoms with van der Waals surface area (Å²) in [5.74, 6) is 1.76. The van der Waals surface area contributed by atoms with E-state index in [1.807, 2.05) is 48.5 Å². The molecule has 108 valence electrons. The Hall–Kier alpha value is -2.48. The first-order chi connectivity index (χ1) is 10.3. The zero-order valence-corrected chi connectivity index (χ0v) is 12.5. The quantitative estimate of drug-likeness (QED) is 0.755. The van der Waals surface area contributed by atoms with Crippen molar-refractivity contribution in [3.05, 3.63) is 71.8 Å². The Morgan fingerprint density at radius 2 is 1.05 bits per heavy atom. The van der Waals surface area contributed by atoms with E-state index in [2.05, 4.69) is 24.3 Å². The SMILES string of the molecule is COc1ccc(C=CCC=Cc2ccc(OC)cc2)cc1. The molecule has 2 aromatic carbocycles. The van der Waals surface area contributed by atoms with E-state index in [1.165, 1.54) is 11.1 Å². The number of allylic oxidation sites excluding steroid dienone is 2. The summed E-state index contributed by atoms with van der Waals surface area (Å²) in [7, 11) is 3.35. The highest BCUT2D eigenvalue weighted by Gasteiger charge is 1.90. The minimum Gasteiger partial charge on any atom is -0.497 e. The van der Waals surface area contributed by atoms with Gasteiger partial charge in [0.2, 0.25) is 0 Å². The maximum Gasteiger partial charge on any atom is 0.118 e. The number of ether oxygens (including phenoxy) is 2. The zero-order valence-electron chi connectivity index (χ0n) is 12.5. The van der Waals surface area contributed by atoms with Crippen LogP contribution in [0.25, 0.3) is 12.2 Å². The highest BCUT2D eigenvalue weighted by atomic mass is 16.5. The second-order valence-corrected chi connectivity index (χ2v) is 4.59. The fraction of sp³-hybridized carbons (Fsp3) is 0.158. The summed E-state index contributed by atoms with van der Waals surface area (Å²) in [6.45, 7) is 0. The fourth-order valence-electron chi connectivity index (χ4n) is 1.92. The maximum atomic E-state index is 5.13. The largest absolute Gasteiger partial charge is 0.497 e. The van der Waals surface area contributed by atoms with Crippen LogP contribution in [0, 0.1) is 0 Å². The average molecular weight is 280 g/mol. The van der Waals surface area contributed by atoms with Crippen molar-refractivity contribution in [3.8, 4) is 11.5 Å². The summed E-state index contributed by atoms with van der Waals surface area (Å²) in [4.78, 5) is 0. The number of hydrogen-bond acceptors (Lipinski definition) is 2. The predicted molar refractivity (Wildman–Crippen MR) is 88.7 cm³/mol. The molecule has 0 atom stereocenters. The highest BCUT2D eigenvalue weighted by molar-refractivity contribution is 5.53. The van der Waals surface area contributed by atoms with E-state index in [0.717, 1.165) is 17.9 Å². The van der Waals surface area contributed by atoms with Gasteiger partial charge < -0.3 is 9.47 Å². The average Bonchev–Trinajstić information content (AvgIpc) is 2.55. The first-order valence-corrected chi connectivity index (χ1v) is 6.93. The molecule has 2 aromatic rings. The van der Waals surface area contributed by atoms with E-state index in [-0.39, 0.29) is 0 Å². The fourth-order valence-corrected chi connectivity index (χ4v) is 1.92. The van der Waals surface area contributed by atoms with Gasteiger partial charge in [-0.05, 0) is 41.8 Å². The molecule has 0 aliphatic carbocycles. The van der Waals surface area contributed by atoms with Crippen LogP contribution in [0.3, 0.4) is 0 Å². The molecule has 0 aliphatic heterocycles. The lowest BCUT2D eigenvalue weighted by molar-refractivity contribution is 0.414. The van der Waals surface area contributed by atoms with E-state index >= 15 is 0 Å². The van der Waals surface area contributed by atoms with Gasteiger partial charge in [0, 0.05) is 0 Å². The van der Waals surface area contributed by atoms with Crippen molar-refractivity contribution in [3.63, 3.8) is 0 Å². The number of hydrogen-bond donors (Lipinski definition) is 0. The van der Waals surface area contributed by atoms with Gasteiger partial charge in [-0.2, -0.15) is 0 Å². The molecule has 0 unspecified atom stereocenters. The van der Waals surface area contributed by atoms with Crippen molar-refractivity contribution in [2.75, 3.05) is 14.2 Å². The summed E-state index contributed by atoms with van der Waals surface area (Å²) >= 11 is 0. The van der Waals surface area contributed by atoms with Crippen LogP contribution in [0.15, 0.2) is 60.7 Å². The van der Waals surface area contributed by atoms with Crippen molar-refractivity contribution in [2.45, 2.75) is 6.42 Å². The van der Waals surface area contributed by atoms with Gasteiger partial charge in [0.15, 0.2) is 0 Å². The topological polar surface area (TPSA) is 18.5 Å². The molecule has 21 heavy (non-hydrogen) atoms. The lowest BCUT2D eigenvalue weighted by Gasteiger charge is -1.99. The molecule has 0 saturated heterocycles. The molecule has 0 bridgehead atoms. The van der Waals surface area contributed by atoms with Crippen molar-refractivity contribution < 1.29 is 9.47 Å². The van der Waals surface area contributed by atoms with Gasteiger partial charge in [-0.3, -0.25) is 0 Å². The van der Waals surface area contributed by atoms with Gasteiger partial charge in [0.25, 0.3) is 0 Å². The molecule has 0 N–H and O–H groups in total. The molecule has 0 aromatic heterocycles. The third-order valence-corrected chi connectivity index (χ3v) is 3.12. The monoisotopic (exact) mass is 280 g/mol. The minimum absolute atomic E-state index is 0.881. The standard InChI is InChI=1S/C19H20O2/c1-20-18-12-8-16(9-13-18)6-4-3-5-7-17-10-14-19(21-2)15-11-17/h4-15H,3H2,1-2H3. The molecule has 2 rings (SSSR count). The van der Waals surface area contributed by atoms with Crippen LogP contribution >= 0.6 is 0 Å². The molecule has 0 amide bonds. The molecule has 0 aliphatic rings. The maximum absolute atomic E-state index is 5.13. The predicted octanol–water partition coefficient (Wildman–Crippen LogP) is 4.82. The summed E-state index contributed by atoms with van der Waals surface area (Å²) < 4.78 is 10.3. The molecule has 0 radical (unpaired) electrons. The lowest BCUT2D eigenvalue weighted by Crippen LogP contribution is -1.81. The van der Waals surface area contributed by atoms with E-state index in [1.54, 1.807) is 14.2 Å². The third-order valence-electron chi connectivity index (χ3n) is 3.12. The van der Waals surface area contributed by atoms with E-state index in [9.17, 15) is 0 Å². The van der Waals surface area contributed by atoms with Crippen LogP contribution in [-0.4, -0.2) is 14.2 Å². The van der Waals surface area contributed by atoms with Crippen LogP contribution in [0.5, 0.6) is 11.5 Å². The van der Waals surface area contributed by atoms with Crippen LogP contribution in [0.1, 0.15) is 17.5 Å². The van der Waals surface area contributed by atoms with Gasteiger partial charge >= 0.3 is 0 Å². The Morgan fingerprint density at radius 1 is 0.667 bits per heavy atom. The third kappa shape index (κ3) is 4.84. The van der Waals surface area contributed by atoms with Gasteiger partial charge in [0.1, 0.15) is 11.5 Å². The zero-order chi connectivity index (χ0) is 14.9. The number of benzene rings is 2. The van der Waals surface area contributed by atoms with Crippen molar-refractivity contribution in [1.29, 1.82) is 0 Å². The molecule has 0 spiro atoms. The van der Waals surface area contributed by atoms with Gasteiger partial charge in [0.05, 0.1) is 14.2 Å². The number of rotatable bonds is 6. The summed E-state index contributed by atoms with van der Waals surface area (Å²) in [5.41, 5.74) is 2.35. The normalized spacial score (nSPS) is 11.1. The highest BCUT2D eigenvalue weighted by Crippen LogP contribution is 2.14. The Kier molecular flexibility index (Phi) is 5.65. The van der Waals surface area contributed by atoms with E-state index in [0.29, 0.717) is 0 Å². The second-order valence-electron chi connectivity index (χ2n) is 4.59. The summed E-state index contributed by atoms with van der Waals surface area (Å²) in [6, 6.07) is 16.0. The van der Waals surface area contributed by atoms with Crippen LogP contribution < -0.4 is 9.47 Å². The molecule has 2 nitrogen and oxygen atoms in total. The molecular weight excluding hydrogens is 260 g/mol. The van der Waals surface area contributed by atoms with Gasteiger partial charge in [-0.1, -0.05) is 48.6 Å². The Labute approximate surface area is 126 Å². The van der Waals surface area contributed by atoms with Gasteiger partial charge in [-0.15, -0.1) is 0 Å². The molecule has 0 saturated carbocycles. The molecular formula is C19H20O2. The number of methoxy groups -OCH3 is 2. The first-order valence-electron chi connectivity index (χ1n) is 6.93. The first kappa shape index (κ1) is 14.9. The smallest absolute Gasteiger partial charge is 0.118 e. The van der Waals surface area contributed by atoms with Crippen LogP contribution in [0.4, 0.5) is 0 Å². The molecule has 0 heterocycles. The summed E-state index contributed by atoms with van der Waals surface area (Å²) in [6.07, 6.45) is 9.40. The molecule has 0 fully saturated rings. The summed E-state index contributed by atoms with van der Waals surface area (Å²) in [5, 5.41) is 0. The van der Waals surface area contributed by atoms with Crippen molar-refractivity contribution in [1.82, 2.24) is 0 Å². The Balaban J connectivity index is 1.84. The molecule has 2 heteroatoms. The van der Waals surface area contributed by atoms with Crippen LogP contribution in [0.2, 0.25) is 0 Å². The Bertz CT molecular complexity index is 537. The van der Waals surface area contributed by atoms with Crippen LogP contribution in [-0.2, 0) is 0 Å². The van der Waals surface area contributed by atoms with E-state index < -0.39 is 0 Å². The van der Waals surface area contributed by atoms with Crippen molar-refractivity contribution >= 4 is 12.2 Å². The lowest BCUT2D eigenvalue weighted by atomic mass is 10.1. The Morgan fingerprint density at radius 3 is 1.38 bits per heavy atom. The second kappa shape index (κ2) is 7.95. The van der Waals surface area contributed by atoms with Gasteiger partial charge in [-0.25, -0.2) is 0 Å². The minimum atomic E-state index is 0.881.